The number of halogens is 2. The van der Waals surface area contributed by atoms with Crippen molar-refractivity contribution in [1.82, 2.24) is 9.97 Å². The maximum atomic E-state index is 5.68. The first-order valence-corrected chi connectivity index (χ1v) is 3.69. The topological polar surface area (TPSA) is 25.8 Å². The van der Waals surface area contributed by atoms with Gasteiger partial charge in [0.25, 0.3) is 0 Å². The highest BCUT2D eigenvalue weighted by Gasteiger charge is 1.98. The van der Waals surface area contributed by atoms with Gasteiger partial charge in [0.1, 0.15) is 11.0 Å². The zero-order valence-corrected chi connectivity index (χ0v) is 6.95. The smallest absolute Gasteiger partial charge is 0.144 e. The number of hydrogen-bond acceptors (Lipinski definition) is 2. The molecule has 1 rings (SSSR count). The molecule has 0 saturated heterocycles. The zero-order chi connectivity index (χ0) is 7.56. The first-order valence-electron chi connectivity index (χ1n) is 2.78. The summed E-state index contributed by atoms with van der Waals surface area (Å²) in [4.78, 5) is 7.84. The lowest BCUT2D eigenvalue weighted by Gasteiger charge is -1.96. The van der Waals surface area contributed by atoms with Crippen LogP contribution in [0.1, 0.15) is 11.4 Å². The third-order valence-corrected chi connectivity index (χ3v) is 1.70. The van der Waals surface area contributed by atoms with Crippen LogP contribution in [0, 0.1) is 6.92 Å². The SMILES string of the molecule is Cc1cnc(CCl)nc1Cl. The van der Waals surface area contributed by atoms with E-state index in [9.17, 15) is 0 Å². The van der Waals surface area contributed by atoms with E-state index in [1.54, 1.807) is 6.20 Å². The number of aromatic nitrogens is 2. The molecule has 2 nitrogen and oxygen atoms in total. The number of rotatable bonds is 1. The Balaban J connectivity index is 3.04. The van der Waals surface area contributed by atoms with Crippen molar-refractivity contribution >= 4 is 23.2 Å². The summed E-state index contributed by atoms with van der Waals surface area (Å²) in [6, 6.07) is 0. The molecule has 0 N–H and O–H groups in total. The van der Waals surface area contributed by atoms with Gasteiger partial charge in [0.05, 0.1) is 5.88 Å². The predicted molar refractivity (Wildman–Crippen MR) is 41.3 cm³/mol. The standard InChI is InChI=1S/C6H6Cl2N2/c1-4-3-9-5(2-7)10-6(4)8/h3H,2H2,1H3. The molecule has 4 heteroatoms. The Morgan fingerprint density at radius 3 is 2.80 bits per heavy atom. The van der Waals surface area contributed by atoms with Crippen molar-refractivity contribution in [2.24, 2.45) is 0 Å². The van der Waals surface area contributed by atoms with E-state index in [2.05, 4.69) is 9.97 Å². The molecular weight excluding hydrogens is 171 g/mol. The van der Waals surface area contributed by atoms with Crippen LogP contribution in [0.4, 0.5) is 0 Å². The van der Waals surface area contributed by atoms with Gasteiger partial charge < -0.3 is 0 Å². The molecule has 0 aliphatic heterocycles. The normalized spacial score (nSPS) is 9.90. The van der Waals surface area contributed by atoms with Gasteiger partial charge in [-0.3, -0.25) is 0 Å². The van der Waals surface area contributed by atoms with E-state index in [1.165, 1.54) is 0 Å². The predicted octanol–water partition coefficient (Wildman–Crippen LogP) is 2.18. The number of alkyl halides is 1. The molecule has 1 aromatic heterocycles. The highest BCUT2D eigenvalue weighted by Crippen LogP contribution is 2.10. The summed E-state index contributed by atoms with van der Waals surface area (Å²) in [7, 11) is 0. The van der Waals surface area contributed by atoms with Crippen LogP contribution in [-0.2, 0) is 5.88 Å². The number of aryl methyl sites for hydroxylation is 1. The van der Waals surface area contributed by atoms with Crippen LogP contribution in [0.3, 0.4) is 0 Å². The Bertz CT molecular complexity index is 237. The minimum Gasteiger partial charge on any atom is -0.240 e. The van der Waals surface area contributed by atoms with Crippen LogP contribution >= 0.6 is 23.2 Å². The first kappa shape index (κ1) is 7.76. The van der Waals surface area contributed by atoms with Gasteiger partial charge >= 0.3 is 0 Å². The quantitative estimate of drug-likeness (QED) is 0.485. The number of nitrogens with zero attached hydrogens (tertiary/aromatic N) is 2. The fourth-order valence-electron chi connectivity index (χ4n) is 0.519. The summed E-state index contributed by atoms with van der Waals surface area (Å²) < 4.78 is 0. The first-order chi connectivity index (χ1) is 4.74. The summed E-state index contributed by atoms with van der Waals surface area (Å²) in [5, 5.41) is 0.477. The Morgan fingerprint density at radius 2 is 2.30 bits per heavy atom. The highest BCUT2D eigenvalue weighted by molar-refractivity contribution is 6.30. The van der Waals surface area contributed by atoms with Crippen molar-refractivity contribution in [1.29, 1.82) is 0 Å². The van der Waals surface area contributed by atoms with Gasteiger partial charge in [-0.1, -0.05) is 11.6 Å². The lowest BCUT2D eigenvalue weighted by atomic mass is 10.4. The van der Waals surface area contributed by atoms with Gasteiger partial charge in [-0.25, -0.2) is 9.97 Å². The van der Waals surface area contributed by atoms with Gasteiger partial charge in [-0.05, 0) is 6.92 Å². The molecule has 0 radical (unpaired) electrons. The Morgan fingerprint density at radius 1 is 1.60 bits per heavy atom. The summed E-state index contributed by atoms with van der Waals surface area (Å²) in [6.07, 6.45) is 1.66. The molecule has 10 heavy (non-hydrogen) atoms. The largest absolute Gasteiger partial charge is 0.240 e. The van der Waals surface area contributed by atoms with E-state index in [0.29, 0.717) is 16.9 Å². The Labute approximate surface area is 69.2 Å². The van der Waals surface area contributed by atoms with Crippen molar-refractivity contribution in [3.05, 3.63) is 22.7 Å². The van der Waals surface area contributed by atoms with Gasteiger partial charge in [0.2, 0.25) is 0 Å². The van der Waals surface area contributed by atoms with E-state index in [-0.39, 0.29) is 0 Å². The van der Waals surface area contributed by atoms with Gasteiger partial charge in [-0.15, -0.1) is 11.6 Å². The molecule has 0 atom stereocenters. The van der Waals surface area contributed by atoms with Crippen LogP contribution in [0.15, 0.2) is 6.20 Å². The summed E-state index contributed by atoms with van der Waals surface area (Å²) >= 11 is 11.2. The van der Waals surface area contributed by atoms with E-state index in [4.69, 9.17) is 23.2 Å². The second-order valence-corrected chi connectivity index (χ2v) is 2.52. The molecule has 0 spiro atoms. The molecule has 0 aliphatic carbocycles. The van der Waals surface area contributed by atoms with Crippen LogP contribution in [0.25, 0.3) is 0 Å². The Hall–Kier alpha value is -0.340. The third kappa shape index (κ3) is 1.58. The maximum absolute atomic E-state index is 5.68. The molecule has 1 heterocycles. The third-order valence-electron chi connectivity index (χ3n) is 1.08. The molecule has 0 aliphatic rings. The van der Waals surface area contributed by atoms with Crippen molar-refractivity contribution in [2.75, 3.05) is 0 Å². The zero-order valence-electron chi connectivity index (χ0n) is 5.43. The molecule has 0 aromatic carbocycles. The van der Waals surface area contributed by atoms with Crippen LogP contribution in [0.2, 0.25) is 5.15 Å². The van der Waals surface area contributed by atoms with Crippen LogP contribution in [-0.4, -0.2) is 9.97 Å². The second kappa shape index (κ2) is 3.17. The van der Waals surface area contributed by atoms with Gasteiger partial charge in [0, 0.05) is 11.8 Å². The molecule has 0 unspecified atom stereocenters. The monoisotopic (exact) mass is 176 g/mol. The molecule has 0 bridgehead atoms. The van der Waals surface area contributed by atoms with Crippen LogP contribution in [0.5, 0.6) is 0 Å². The molecule has 0 saturated carbocycles. The van der Waals surface area contributed by atoms with Crippen molar-refractivity contribution < 1.29 is 0 Å². The molecule has 1 aromatic rings. The fourth-order valence-corrected chi connectivity index (χ4v) is 0.794. The van der Waals surface area contributed by atoms with E-state index < -0.39 is 0 Å². The molecular formula is C6H6Cl2N2. The van der Waals surface area contributed by atoms with Crippen molar-refractivity contribution in [3.8, 4) is 0 Å². The molecule has 54 valence electrons. The fraction of sp³-hybridized carbons (Fsp3) is 0.333. The van der Waals surface area contributed by atoms with Gasteiger partial charge in [0.15, 0.2) is 0 Å². The summed E-state index contributed by atoms with van der Waals surface area (Å²) in [5.74, 6) is 0.872. The van der Waals surface area contributed by atoms with Crippen molar-refractivity contribution in [2.45, 2.75) is 12.8 Å². The molecule has 0 fully saturated rings. The minimum absolute atomic E-state index is 0.306. The van der Waals surface area contributed by atoms with E-state index >= 15 is 0 Å². The van der Waals surface area contributed by atoms with Crippen LogP contribution < -0.4 is 0 Å². The highest BCUT2D eigenvalue weighted by atomic mass is 35.5. The van der Waals surface area contributed by atoms with E-state index in [0.717, 1.165) is 5.56 Å². The lowest BCUT2D eigenvalue weighted by molar-refractivity contribution is 1.01. The minimum atomic E-state index is 0.306. The lowest BCUT2D eigenvalue weighted by Crippen LogP contribution is -1.92. The summed E-state index contributed by atoms with van der Waals surface area (Å²) in [5.41, 5.74) is 0.871. The summed E-state index contributed by atoms with van der Waals surface area (Å²) in [6.45, 7) is 1.85. The maximum Gasteiger partial charge on any atom is 0.144 e. The van der Waals surface area contributed by atoms with Gasteiger partial charge in [-0.2, -0.15) is 0 Å². The van der Waals surface area contributed by atoms with Crippen molar-refractivity contribution in [3.63, 3.8) is 0 Å². The average Bonchev–Trinajstić information content (AvgIpc) is 1.95. The average molecular weight is 177 g/mol. The molecule has 0 amide bonds. The Kier molecular flexibility index (Phi) is 2.46. The second-order valence-electron chi connectivity index (χ2n) is 1.89. The van der Waals surface area contributed by atoms with E-state index in [1.807, 2.05) is 6.92 Å². The number of hydrogen-bond donors (Lipinski definition) is 0.